The lowest BCUT2D eigenvalue weighted by molar-refractivity contribution is -0.122. The minimum atomic E-state index is -0.132. The van der Waals surface area contributed by atoms with Gasteiger partial charge in [0.25, 0.3) is 0 Å². The molecular weight excluding hydrogens is 244 g/mol. The van der Waals surface area contributed by atoms with Crippen molar-refractivity contribution >= 4 is 5.91 Å². The van der Waals surface area contributed by atoms with Gasteiger partial charge in [0.05, 0.1) is 6.04 Å². The molecule has 0 saturated carbocycles. The summed E-state index contributed by atoms with van der Waals surface area (Å²) in [5, 5.41) is 2.92. The molecule has 5 heteroatoms. The van der Waals surface area contributed by atoms with Gasteiger partial charge in [0.1, 0.15) is 13.2 Å². The van der Waals surface area contributed by atoms with Crippen LogP contribution in [0, 0.1) is 0 Å². The average Bonchev–Trinajstić information content (AvgIpc) is 2.37. The molecule has 1 aromatic rings. The predicted molar refractivity (Wildman–Crippen MR) is 72.3 cm³/mol. The monoisotopic (exact) mass is 264 g/mol. The van der Waals surface area contributed by atoms with Crippen molar-refractivity contribution in [1.82, 2.24) is 5.32 Å². The third-order valence-corrected chi connectivity index (χ3v) is 2.95. The molecule has 2 atom stereocenters. The second-order valence-corrected chi connectivity index (χ2v) is 4.87. The highest BCUT2D eigenvalue weighted by molar-refractivity contribution is 5.77. The number of hydrogen-bond donors (Lipinski definition) is 2. The number of fused-ring (bicyclic) bond motifs is 1. The molecule has 2 rings (SSSR count). The molecule has 2 unspecified atom stereocenters. The fraction of sp³-hybridized carbons (Fsp3) is 0.500. The Bertz CT molecular complexity index is 460. The third-order valence-electron chi connectivity index (χ3n) is 2.95. The standard InChI is InChI=1S/C14H20N2O3/c1-9(15)7-14(17)16-10(2)11-3-4-12-13(8-11)19-6-5-18-12/h3-4,8-10H,5-7,15H2,1-2H3,(H,16,17). The molecule has 1 amide bonds. The Labute approximate surface area is 113 Å². The molecule has 0 bridgehead atoms. The molecule has 0 aliphatic carbocycles. The molecule has 1 aliphatic heterocycles. The van der Waals surface area contributed by atoms with Crippen molar-refractivity contribution in [3.63, 3.8) is 0 Å². The fourth-order valence-electron chi connectivity index (χ4n) is 2.01. The van der Waals surface area contributed by atoms with Gasteiger partial charge in [0.2, 0.25) is 5.91 Å². The highest BCUT2D eigenvalue weighted by Gasteiger charge is 2.16. The highest BCUT2D eigenvalue weighted by atomic mass is 16.6. The number of nitrogens with one attached hydrogen (secondary N) is 1. The van der Waals surface area contributed by atoms with E-state index in [1.54, 1.807) is 0 Å². The van der Waals surface area contributed by atoms with Crippen LogP contribution in [0.25, 0.3) is 0 Å². The van der Waals surface area contributed by atoms with Crippen molar-refractivity contribution in [2.24, 2.45) is 5.73 Å². The van der Waals surface area contributed by atoms with Crippen LogP contribution in [0.15, 0.2) is 18.2 Å². The number of rotatable bonds is 4. The van der Waals surface area contributed by atoms with Crippen LogP contribution in [0.1, 0.15) is 31.9 Å². The Hall–Kier alpha value is -1.75. The van der Waals surface area contributed by atoms with E-state index in [2.05, 4.69) is 5.32 Å². The number of carbonyl (C=O) groups excluding carboxylic acids is 1. The minimum Gasteiger partial charge on any atom is -0.486 e. The summed E-state index contributed by atoms with van der Waals surface area (Å²) in [7, 11) is 0. The summed E-state index contributed by atoms with van der Waals surface area (Å²) < 4.78 is 11.0. The summed E-state index contributed by atoms with van der Waals surface area (Å²) >= 11 is 0. The van der Waals surface area contributed by atoms with Crippen LogP contribution in [-0.4, -0.2) is 25.2 Å². The number of amides is 1. The quantitative estimate of drug-likeness (QED) is 0.861. The zero-order chi connectivity index (χ0) is 13.8. The maximum absolute atomic E-state index is 11.7. The van der Waals surface area contributed by atoms with Crippen molar-refractivity contribution in [2.75, 3.05) is 13.2 Å². The van der Waals surface area contributed by atoms with Gasteiger partial charge in [-0.3, -0.25) is 4.79 Å². The van der Waals surface area contributed by atoms with E-state index in [9.17, 15) is 4.79 Å². The lowest BCUT2D eigenvalue weighted by Gasteiger charge is -2.21. The molecule has 1 aliphatic rings. The third kappa shape index (κ3) is 3.61. The molecule has 19 heavy (non-hydrogen) atoms. The summed E-state index contributed by atoms with van der Waals surface area (Å²) in [6.07, 6.45) is 0.328. The Morgan fingerprint density at radius 2 is 2.00 bits per heavy atom. The van der Waals surface area contributed by atoms with E-state index < -0.39 is 0 Å². The summed E-state index contributed by atoms with van der Waals surface area (Å²) in [4.78, 5) is 11.7. The Morgan fingerprint density at radius 1 is 1.32 bits per heavy atom. The first-order valence-electron chi connectivity index (χ1n) is 6.50. The van der Waals surface area contributed by atoms with Crippen LogP contribution in [0.2, 0.25) is 0 Å². The zero-order valence-electron chi connectivity index (χ0n) is 11.3. The molecular formula is C14H20N2O3. The van der Waals surface area contributed by atoms with E-state index in [-0.39, 0.29) is 18.0 Å². The predicted octanol–water partition coefficient (Wildman–Crippen LogP) is 1.37. The van der Waals surface area contributed by atoms with Gasteiger partial charge in [-0.1, -0.05) is 6.07 Å². The number of benzene rings is 1. The van der Waals surface area contributed by atoms with Crippen molar-refractivity contribution in [2.45, 2.75) is 32.4 Å². The van der Waals surface area contributed by atoms with Crippen LogP contribution in [0.5, 0.6) is 11.5 Å². The van der Waals surface area contributed by atoms with Gasteiger partial charge in [-0.15, -0.1) is 0 Å². The van der Waals surface area contributed by atoms with Crippen molar-refractivity contribution in [3.8, 4) is 11.5 Å². The first kappa shape index (κ1) is 13.7. The van der Waals surface area contributed by atoms with Crippen LogP contribution in [0.4, 0.5) is 0 Å². The second kappa shape index (κ2) is 5.93. The number of nitrogens with two attached hydrogens (primary N) is 1. The Balaban J connectivity index is 2.03. The van der Waals surface area contributed by atoms with Crippen LogP contribution < -0.4 is 20.5 Å². The molecule has 0 fully saturated rings. The summed E-state index contributed by atoms with van der Waals surface area (Å²) in [5.41, 5.74) is 6.59. The van der Waals surface area contributed by atoms with E-state index in [0.717, 1.165) is 17.1 Å². The highest BCUT2D eigenvalue weighted by Crippen LogP contribution is 2.32. The topological polar surface area (TPSA) is 73.6 Å². The van der Waals surface area contributed by atoms with Gasteiger partial charge in [0, 0.05) is 12.5 Å². The number of carbonyl (C=O) groups is 1. The van der Waals surface area contributed by atoms with Crippen molar-refractivity contribution in [3.05, 3.63) is 23.8 Å². The maximum Gasteiger partial charge on any atom is 0.222 e. The molecule has 0 saturated heterocycles. The van der Waals surface area contributed by atoms with Gasteiger partial charge < -0.3 is 20.5 Å². The van der Waals surface area contributed by atoms with Crippen molar-refractivity contribution < 1.29 is 14.3 Å². The first-order chi connectivity index (χ1) is 9.06. The Kier molecular flexibility index (Phi) is 4.27. The zero-order valence-corrected chi connectivity index (χ0v) is 11.3. The van der Waals surface area contributed by atoms with E-state index in [1.807, 2.05) is 32.0 Å². The SMILES string of the molecule is CC(N)CC(=O)NC(C)c1ccc2c(c1)OCCO2. The van der Waals surface area contributed by atoms with Gasteiger partial charge in [-0.2, -0.15) is 0 Å². The lowest BCUT2D eigenvalue weighted by Crippen LogP contribution is -2.31. The van der Waals surface area contributed by atoms with Crippen LogP contribution in [-0.2, 0) is 4.79 Å². The average molecular weight is 264 g/mol. The van der Waals surface area contributed by atoms with Crippen molar-refractivity contribution in [1.29, 1.82) is 0 Å². The van der Waals surface area contributed by atoms with Gasteiger partial charge in [-0.05, 0) is 31.5 Å². The van der Waals surface area contributed by atoms with Gasteiger partial charge in [0.15, 0.2) is 11.5 Å². The number of hydrogen-bond acceptors (Lipinski definition) is 4. The largest absolute Gasteiger partial charge is 0.486 e. The first-order valence-corrected chi connectivity index (χ1v) is 6.50. The summed E-state index contributed by atoms with van der Waals surface area (Å²) in [6.45, 7) is 4.88. The van der Waals surface area contributed by atoms with Crippen LogP contribution >= 0.6 is 0 Å². The smallest absolute Gasteiger partial charge is 0.222 e. The van der Waals surface area contributed by atoms with Crippen LogP contribution in [0.3, 0.4) is 0 Å². The van der Waals surface area contributed by atoms with E-state index in [1.165, 1.54) is 0 Å². The van der Waals surface area contributed by atoms with Gasteiger partial charge in [-0.25, -0.2) is 0 Å². The molecule has 1 aromatic carbocycles. The molecule has 1 heterocycles. The molecule has 0 radical (unpaired) electrons. The van der Waals surface area contributed by atoms with E-state index in [4.69, 9.17) is 15.2 Å². The normalized spacial score (nSPS) is 16.6. The lowest BCUT2D eigenvalue weighted by atomic mass is 10.1. The Morgan fingerprint density at radius 3 is 2.68 bits per heavy atom. The molecule has 0 spiro atoms. The van der Waals surface area contributed by atoms with Gasteiger partial charge >= 0.3 is 0 Å². The fourth-order valence-corrected chi connectivity index (χ4v) is 2.01. The molecule has 104 valence electrons. The molecule has 5 nitrogen and oxygen atoms in total. The maximum atomic E-state index is 11.7. The van der Waals surface area contributed by atoms with E-state index in [0.29, 0.717) is 19.6 Å². The summed E-state index contributed by atoms with van der Waals surface area (Å²) in [5.74, 6) is 1.44. The van der Waals surface area contributed by atoms with E-state index >= 15 is 0 Å². The second-order valence-electron chi connectivity index (χ2n) is 4.87. The molecule has 0 aromatic heterocycles. The number of ether oxygens (including phenoxy) is 2. The minimum absolute atomic E-state index is 0.0441. The molecule has 3 N–H and O–H groups in total. The summed E-state index contributed by atoms with van der Waals surface area (Å²) in [6, 6.07) is 5.50.